The number of carbonyl (C=O) groups excluding carboxylic acids is 1. The van der Waals surface area contributed by atoms with Gasteiger partial charge in [0.1, 0.15) is 5.69 Å². The maximum Gasteiger partial charge on any atom is 0.316 e. The number of β-amino-alcohol motifs (C(OH)–C–C–N with tert-alkyl or cyclic N) is 1. The second kappa shape index (κ2) is 7.29. The number of aliphatic hydroxyl groups is 1. The average Bonchev–Trinajstić information content (AvgIpc) is 3.02. The van der Waals surface area contributed by atoms with Crippen molar-refractivity contribution in [2.75, 3.05) is 23.7 Å². The number of ketones is 1. The first kappa shape index (κ1) is 20.2. The third kappa shape index (κ3) is 3.62. The molecule has 0 saturated carbocycles. The smallest absolute Gasteiger partial charge is 0.316 e. The Morgan fingerprint density at radius 2 is 1.76 bits per heavy atom. The van der Waals surface area contributed by atoms with Gasteiger partial charge in [-0.25, -0.2) is 9.48 Å². The highest BCUT2D eigenvalue weighted by molar-refractivity contribution is 8.13. The van der Waals surface area contributed by atoms with Crippen molar-refractivity contribution in [2.45, 2.75) is 45.3 Å². The van der Waals surface area contributed by atoms with Crippen LogP contribution >= 0.6 is 11.8 Å². The number of hydrogen-bond donors (Lipinski definition) is 1. The largest absolute Gasteiger partial charge is 0.346 e. The van der Waals surface area contributed by atoms with Crippen LogP contribution in [0, 0.1) is 0 Å². The Morgan fingerprint density at radius 1 is 1.10 bits per heavy atom. The molecule has 0 amide bonds. The molecule has 0 radical (unpaired) electrons. The van der Waals surface area contributed by atoms with Crippen molar-refractivity contribution in [1.29, 1.82) is 0 Å². The normalized spacial score (nSPS) is 22.0. The Hall–Kier alpha value is -2.11. The van der Waals surface area contributed by atoms with E-state index in [9.17, 15) is 9.90 Å². The van der Waals surface area contributed by atoms with Crippen molar-refractivity contribution in [3.63, 3.8) is 0 Å². The van der Waals surface area contributed by atoms with Crippen LogP contribution in [0.1, 0.15) is 55.6 Å². The Bertz CT molecular complexity index is 958. The van der Waals surface area contributed by atoms with Crippen LogP contribution in [0.4, 0.5) is 5.69 Å². The van der Waals surface area contributed by atoms with Crippen LogP contribution in [0.25, 0.3) is 0 Å². The molecule has 152 valence electrons. The fourth-order valence-corrected chi connectivity index (χ4v) is 5.24. The minimum absolute atomic E-state index is 0.0646. The number of thioether (sulfide) groups is 1. The summed E-state index contributed by atoms with van der Waals surface area (Å²) in [6, 6.07) is 16.1. The summed E-state index contributed by atoms with van der Waals surface area (Å²) in [6.07, 6.45) is 1.05. The lowest BCUT2D eigenvalue weighted by atomic mass is 9.86. The van der Waals surface area contributed by atoms with Crippen molar-refractivity contribution in [3.05, 3.63) is 65.2 Å². The van der Waals surface area contributed by atoms with Gasteiger partial charge < -0.3 is 5.11 Å². The van der Waals surface area contributed by atoms with Crippen LogP contribution in [-0.2, 0) is 11.1 Å². The molecule has 2 aliphatic rings. The molecule has 0 unspecified atom stereocenters. The van der Waals surface area contributed by atoms with Crippen molar-refractivity contribution in [3.8, 4) is 0 Å². The lowest BCUT2D eigenvalue weighted by Crippen LogP contribution is -2.41. The summed E-state index contributed by atoms with van der Waals surface area (Å²) < 4.78 is 2.14. The summed E-state index contributed by atoms with van der Waals surface area (Å²) in [7, 11) is 0. The Kier molecular flexibility index (Phi) is 5.07. The quantitative estimate of drug-likeness (QED) is 0.604. The minimum Gasteiger partial charge on any atom is -0.346 e. The summed E-state index contributed by atoms with van der Waals surface area (Å²) in [5, 5.41) is 12.9. The van der Waals surface area contributed by atoms with Crippen LogP contribution in [0.3, 0.4) is 0 Å². The van der Waals surface area contributed by atoms with Gasteiger partial charge in [-0.15, -0.1) is 0 Å². The summed E-state index contributed by atoms with van der Waals surface area (Å²) in [5.74, 6) is 1.11. The van der Waals surface area contributed by atoms with E-state index in [4.69, 9.17) is 0 Å². The number of Topliss-reactive ketones (excluding diaryl/α,β-unsaturated/α-hetero) is 1. The van der Waals surface area contributed by atoms with E-state index < -0.39 is 5.72 Å². The van der Waals surface area contributed by atoms with Gasteiger partial charge in [-0.1, -0.05) is 45.0 Å². The molecule has 0 spiro atoms. The second-order valence-electron chi connectivity index (χ2n) is 8.97. The summed E-state index contributed by atoms with van der Waals surface area (Å²) in [6.45, 7) is 9.49. The first-order valence-corrected chi connectivity index (χ1v) is 11.2. The Morgan fingerprint density at radius 3 is 2.34 bits per heavy atom. The zero-order valence-corrected chi connectivity index (χ0v) is 18.4. The van der Waals surface area contributed by atoms with E-state index in [1.165, 1.54) is 5.56 Å². The molecule has 4 nitrogen and oxygen atoms in total. The predicted molar refractivity (Wildman–Crippen MR) is 120 cm³/mol. The molecule has 0 fully saturated rings. The molecule has 0 aliphatic carbocycles. The van der Waals surface area contributed by atoms with Crippen molar-refractivity contribution in [2.24, 2.45) is 0 Å². The molecular weight excluding hydrogens is 380 g/mol. The van der Waals surface area contributed by atoms with Crippen LogP contribution in [0.2, 0.25) is 0 Å². The molecule has 0 aromatic heterocycles. The van der Waals surface area contributed by atoms with Crippen LogP contribution in [0.5, 0.6) is 0 Å². The number of amidine groups is 1. The van der Waals surface area contributed by atoms with Crippen molar-refractivity contribution in [1.82, 2.24) is 0 Å². The zero-order chi connectivity index (χ0) is 20.8. The highest BCUT2D eigenvalue weighted by Crippen LogP contribution is 2.38. The molecule has 2 aromatic carbocycles. The van der Waals surface area contributed by atoms with E-state index in [0.29, 0.717) is 12.1 Å². The van der Waals surface area contributed by atoms with E-state index in [2.05, 4.69) is 54.5 Å². The summed E-state index contributed by atoms with van der Waals surface area (Å²) in [5.41, 5.74) is 2.92. The molecule has 29 heavy (non-hydrogen) atoms. The van der Waals surface area contributed by atoms with E-state index in [1.54, 1.807) is 18.7 Å². The SMILES string of the molecule is CC(=O)c1ccc(N2C[C@@](O)(c3ccc(C(C)(C)C)cc3)[N+]3=C2SCCC3)cc1. The fourth-order valence-electron chi connectivity index (χ4n) is 4.06. The number of hydrogen-bond acceptors (Lipinski definition) is 4. The van der Waals surface area contributed by atoms with Gasteiger partial charge >= 0.3 is 5.17 Å². The maximum atomic E-state index is 11.8. The monoisotopic (exact) mass is 409 g/mol. The summed E-state index contributed by atoms with van der Waals surface area (Å²) >= 11 is 1.79. The third-order valence-electron chi connectivity index (χ3n) is 5.84. The molecule has 2 aliphatic heterocycles. The summed E-state index contributed by atoms with van der Waals surface area (Å²) in [4.78, 5) is 13.8. The number of rotatable bonds is 3. The minimum atomic E-state index is -1.06. The average molecular weight is 410 g/mol. The molecule has 5 heteroatoms. The highest BCUT2D eigenvalue weighted by Gasteiger charge is 2.53. The van der Waals surface area contributed by atoms with Crippen molar-refractivity contribution < 1.29 is 14.5 Å². The topological polar surface area (TPSA) is 43.6 Å². The van der Waals surface area contributed by atoms with Gasteiger partial charge in [-0.3, -0.25) is 4.79 Å². The standard InChI is InChI=1S/C24H29N2O2S/c1-17(27)18-6-12-21(13-7-18)25-16-24(28,26-14-5-15-29-22(25)26)20-10-8-19(9-11-20)23(2,3)4/h6-13,28H,5,14-16H2,1-4H3/q+1/t24-/m1/s1. The molecule has 0 saturated heterocycles. The van der Waals surface area contributed by atoms with Crippen LogP contribution < -0.4 is 4.90 Å². The van der Waals surface area contributed by atoms with Crippen LogP contribution in [0.15, 0.2) is 48.5 Å². The number of anilines is 1. The highest BCUT2D eigenvalue weighted by atomic mass is 32.2. The Labute approximate surface area is 177 Å². The number of benzene rings is 2. The van der Waals surface area contributed by atoms with E-state index in [1.807, 2.05) is 24.3 Å². The van der Waals surface area contributed by atoms with E-state index >= 15 is 0 Å². The molecular formula is C24H29N2O2S+. The van der Waals surface area contributed by atoms with Gasteiger partial charge in [0.2, 0.25) is 0 Å². The number of nitrogens with zero attached hydrogens (tertiary/aromatic N) is 2. The van der Waals surface area contributed by atoms with Gasteiger partial charge in [0, 0.05) is 16.9 Å². The second-order valence-corrected chi connectivity index (χ2v) is 10.0. The maximum absolute atomic E-state index is 11.8. The first-order chi connectivity index (χ1) is 13.7. The van der Waals surface area contributed by atoms with Gasteiger partial charge in [0.15, 0.2) is 12.3 Å². The fraction of sp³-hybridized carbons (Fsp3) is 0.417. The lowest BCUT2D eigenvalue weighted by molar-refractivity contribution is -0.656. The predicted octanol–water partition coefficient (Wildman–Crippen LogP) is 4.36. The lowest BCUT2D eigenvalue weighted by Gasteiger charge is -2.26. The van der Waals surface area contributed by atoms with E-state index in [-0.39, 0.29) is 11.2 Å². The van der Waals surface area contributed by atoms with Gasteiger partial charge in [0.05, 0.1) is 6.54 Å². The van der Waals surface area contributed by atoms with Crippen molar-refractivity contribution >= 4 is 28.4 Å². The molecule has 0 bridgehead atoms. The molecule has 1 N–H and O–H groups in total. The van der Waals surface area contributed by atoms with Gasteiger partial charge in [-0.2, -0.15) is 0 Å². The molecule has 2 heterocycles. The molecule has 1 atom stereocenters. The first-order valence-electron chi connectivity index (χ1n) is 10.2. The zero-order valence-electron chi connectivity index (χ0n) is 17.6. The van der Waals surface area contributed by atoms with E-state index in [0.717, 1.165) is 35.1 Å². The van der Waals surface area contributed by atoms with Gasteiger partial charge in [0.25, 0.3) is 5.72 Å². The molecule has 4 rings (SSSR count). The Balaban J connectivity index is 1.72. The number of carbonyl (C=O) groups is 1. The van der Waals surface area contributed by atoms with Gasteiger partial charge in [-0.05, 0) is 60.4 Å². The molecule has 2 aromatic rings. The van der Waals surface area contributed by atoms with Crippen LogP contribution in [-0.4, -0.2) is 39.5 Å². The third-order valence-corrected chi connectivity index (χ3v) is 7.03.